The normalized spacial score (nSPS) is 21.8. The first-order chi connectivity index (χ1) is 14.0. The van der Waals surface area contributed by atoms with E-state index in [0.29, 0.717) is 29.9 Å². The van der Waals surface area contributed by atoms with Gasteiger partial charge >= 0.3 is 5.97 Å². The van der Waals surface area contributed by atoms with E-state index in [1.807, 2.05) is 44.4 Å². The highest BCUT2D eigenvalue weighted by molar-refractivity contribution is 7.10. The molecule has 0 bridgehead atoms. The number of dihydropyridines is 1. The van der Waals surface area contributed by atoms with Crippen LogP contribution in [0.15, 0.2) is 56.6 Å². The number of carbonyl (C=O) groups excluding carboxylic acids is 2. The van der Waals surface area contributed by atoms with E-state index in [9.17, 15) is 9.59 Å². The number of carbonyl (C=O) groups is 2. The van der Waals surface area contributed by atoms with Gasteiger partial charge in [-0.15, -0.1) is 11.3 Å². The molecule has 152 valence electrons. The second-order valence-corrected chi connectivity index (χ2v) is 8.60. The standard InChI is InChI=1S/C23H25NO4S/c1-4-9-27-23(26)20-14(3)24-16-11-15(19-6-5-10-29-19)12-17(25)21(16)22(20)18-8-7-13(2)28-18/h5-8,10,15,22,24H,4,9,11-12H2,1-3H3/t15-,22+/m1/s1. The van der Waals surface area contributed by atoms with E-state index >= 15 is 0 Å². The number of ether oxygens (including phenoxy) is 1. The summed E-state index contributed by atoms with van der Waals surface area (Å²) in [4.78, 5) is 27.4. The SMILES string of the molecule is CCCOC(=O)C1=C(C)NC2=C(C(=O)C[C@H](c3cccs3)C2)[C@H]1c1ccc(C)o1. The van der Waals surface area contributed by atoms with Gasteiger partial charge in [0.2, 0.25) is 0 Å². The second-order valence-electron chi connectivity index (χ2n) is 7.62. The molecule has 0 saturated heterocycles. The average Bonchev–Trinajstić information content (AvgIpc) is 3.36. The lowest BCUT2D eigenvalue weighted by Gasteiger charge is -2.35. The van der Waals surface area contributed by atoms with Gasteiger partial charge in [-0.2, -0.15) is 0 Å². The first kappa shape index (κ1) is 19.7. The average molecular weight is 412 g/mol. The number of esters is 1. The predicted molar refractivity (Wildman–Crippen MR) is 112 cm³/mol. The van der Waals surface area contributed by atoms with Crippen molar-refractivity contribution in [3.8, 4) is 0 Å². The Kier molecular flexibility index (Phi) is 5.46. The summed E-state index contributed by atoms with van der Waals surface area (Å²) < 4.78 is 11.3. The van der Waals surface area contributed by atoms with Gasteiger partial charge in [-0.3, -0.25) is 4.79 Å². The first-order valence-corrected chi connectivity index (χ1v) is 10.9. The summed E-state index contributed by atoms with van der Waals surface area (Å²) in [5, 5.41) is 5.40. The number of hydrogen-bond acceptors (Lipinski definition) is 6. The molecule has 29 heavy (non-hydrogen) atoms. The third-order valence-electron chi connectivity index (χ3n) is 5.48. The van der Waals surface area contributed by atoms with Gasteiger partial charge in [-0.1, -0.05) is 13.0 Å². The molecule has 0 amide bonds. The summed E-state index contributed by atoms with van der Waals surface area (Å²) in [6, 6.07) is 7.82. The molecular formula is C23H25NO4S. The Labute approximate surface area is 174 Å². The second kappa shape index (κ2) is 8.03. The zero-order valence-corrected chi connectivity index (χ0v) is 17.7. The van der Waals surface area contributed by atoms with Crippen LogP contribution in [0.3, 0.4) is 0 Å². The van der Waals surface area contributed by atoms with Crippen LogP contribution in [0.4, 0.5) is 0 Å². The smallest absolute Gasteiger partial charge is 0.336 e. The van der Waals surface area contributed by atoms with E-state index in [1.54, 1.807) is 11.3 Å². The molecule has 2 aromatic rings. The fourth-order valence-corrected chi connectivity index (χ4v) is 5.03. The maximum Gasteiger partial charge on any atom is 0.336 e. The molecule has 1 N–H and O–H groups in total. The Morgan fingerprint density at radius 2 is 2.10 bits per heavy atom. The van der Waals surface area contributed by atoms with Crippen LogP contribution in [0.2, 0.25) is 0 Å². The van der Waals surface area contributed by atoms with E-state index in [0.717, 1.165) is 30.0 Å². The van der Waals surface area contributed by atoms with Crippen molar-refractivity contribution in [1.82, 2.24) is 5.32 Å². The van der Waals surface area contributed by atoms with Crippen molar-refractivity contribution >= 4 is 23.1 Å². The molecule has 2 aliphatic rings. The van der Waals surface area contributed by atoms with E-state index < -0.39 is 11.9 Å². The lowest BCUT2D eigenvalue weighted by Crippen LogP contribution is -2.36. The van der Waals surface area contributed by atoms with Gasteiger partial charge in [0, 0.05) is 34.2 Å². The highest BCUT2D eigenvalue weighted by Gasteiger charge is 2.42. The molecule has 6 heteroatoms. The van der Waals surface area contributed by atoms with E-state index in [-0.39, 0.29) is 11.7 Å². The zero-order valence-electron chi connectivity index (χ0n) is 16.9. The minimum atomic E-state index is -0.527. The van der Waals surface area contributed by atoms with Crippen molar-refractivity contribution in [2.45, 2.75) is 51.9 Å². The van der Waals surface area contributed by atoms with E-state index in [2.05, 4.69) is 11.4 Å². The quantitative estimate of drug-likeness (QED) is 0.704. The predicted octanol–water partition coefficient (Wildman–Crippen LogP) is 4.96. The third kappa shape index (κ3) is 3.69. The minimum Gasteiger partial charge on any atom is -0.465 e. The number of Topliss-reactive ketones (excluding diaryl/α,β-unsaturated/α-hetero) is 1. The fraction of sp³-hybridized carbons (Fsp3) is 0.391. The van der Waals surface area contributed by atoms with Gasteiger partial charge in [0.1, 0.15) is 11.5 Å². The first-order valence-electron chi connectivity index (χ1n) is 10.0. The topological polar surface area (TPSA) is 68.5 Å². The van der Waals surface area contributed by atoms with Crippen molar-refractivity contribution in [2.75, 3.05) is 6.61 Å². The maximum atomic E-state index is 13.3. The Balaban J connectivity index is 1.77. The lowest BCUT2D eigenvalue weighted by atomic mass is 9.74. The van der Waals surface area contributed by atoms with Gasteiger partial charge in [0.15, 0.2) is 5.78 Å². The lowest BCUT2D eigenvalue weighted by molar-refractivity contribution is -0.139. The minimum absolute atomic E-state index is 0.0597. The van der Waals surface area contributed by atoms with Crippen LogP contribution in [0.25, 0.3) is 0 Å². The molecule has 0 spiro atoms. The number of allylic oxidation sites excluding steroid dienone is 3. The van der Waals surface area contributed by atoms with Crippen LogP contribution in [-0.2, 0) is 14.3 Å². The monoisotopic (exact) mass is 411 g/mol. The summed E-state index contributed by atoms with van der Waals surface area (Å²) >= 11 is 1.68. The molecule has 0 saturated carbocycles. The summed E-state index contributed by atoms with van der Waals surface area (Å²) in [5.41, 5.74) is 2.72. The van der Waals surface area contributed by atoms with Gasteiger partial charge in [0.05, 0.1) is 18.1 Å². The molecule has 1 aliphatic heterocycles. The fourth-order valence-electron chi connectivity index (χ4n) is 4.20. The Bertz CT molecular complexity index is 996. The summed E-state index contributed by atoms with van der Waals surface area (Å²) in [6.45, 7) is 6.03. The molecule has 0 unspecified atom stereocenters. The van der Waals surface area contributed by atoms with Crippen LogP contribution in [0.5, 0.6) is 0 Å². The highest BCUT2D eigenvalue weighted by Crippen LogP contribution is 2.46. The molecule has 0 fully saturated rings. The Morgan fingerprint density at radius 1 is 1.28 bits per heavy atom. The molecule has 2 aromatic heterocycles. The number of nitrogens with one attached hydrogen (secondary N) is 1. The number of furan rings is 1. The summed E-state index contributed by atoms with van der Waals surface area (Å²) in [7, 11) is 0. The van der Waals surface area contributed by atoms with Crippen molar-refractivity contribution in [3.63, 3.8) is 0 Å². The van der Waals surface area contributed by atoms with Crippen molar-refractivity contribution in [1.29, 1.82) is 0 Å². The Morgan fingerprint density at radius 3 is 2.76 bits per heavy atom. The van der Waals surface area contributed by atoms with Crippen molar-refractivity contribution < 1.29 is 18.7 Å². The number of ketones is 1. The van der Waals surface area contributed by atoms with Gasteiger partial charge in [-0.25, -0.2) is 4.79 Å². The van der Waals surface area contributed by atoms with Gasteiger partial charge in [0.25, 0.3) is 0 Å². The molecule has 3 heterocycles. The van der Waals surface area contributed by atoms with Crippen LogP contribution in [0.1, 0.15) is 61.3 Å². The van der Waals surface area contributed by atoms with Gasteiger partial charge < -0.3 is 14.5 Å². The summed E-state index contributed by atoms with van der Waals surface area (Å²) in [5.74, 6) is 0.664. The summed E-state index contributed by atoms with van der Waals surface area (Å²) in [6.07, 6.45) is 1.92. The number of aryl methyl sites for hydroxylation is 1. The number of hydrogen-bond donors (Lipinski definition) is 1. The highest BCUT2D eigenvalue weighted by atomic mass is 32.1. The molecule has 1 aliphatic carbocycles. The molecule has 2 atom stereocenters. The van der Waals surface area contributed by atoms with E-state index in [4.69, 9.17) is 9.15 Å². The molecule has 5 nitrogen and oxygen atoms in total. The number of thiophene rings is 1. The molecular weight excluding hydrogens is 386 g/mol. The van der Waals surface area contributed by atoms with Crippen LogP contribution >= 0.6 is 11.3 Å². The van der Waals surface area contributed by atoms with Crippen LogP contribution < -0.4 is 5.32 Å². The van der Waals surface area contributed by atoms with Gasteiger partial charge in [-0.05, 0) is 50.3 Å². The van der Waals surface area contributed by atoms with Crippen molar-refractivity contribution in [2.24, 2.45) is 0 Å². The largest absolute Gasteiger partial charge is 0.465 e. The maximum absolute atomic E-state index is 13.3. The van der Waals surface area contributed by atoms with Crippen molar-refractivity contribution in [3.05, 3.63) is 68.6 Å². The third-order valence-corrected chi connectivity index (χ3v) is 6.51. The van der Waals surface area contributed by atoms with E-state index in [1.165, 1.54) is 4.88 Å². The molecule has 0 aromatic carbocycles. The van der Waals surface area contributed by atoms with Crippen LogP contribution in [0, 0.1) is 6.92 Å². The zero-order chi connectivity index (χ0) is 20.5. The molecule has 0 radical (unpaired) electrons. The van der Waals surface area contributed by atoms with Crippen LogP contribution in [-0.4, -0.2) is 18.4 Å². The molecule has 4 rings (SSSR count). The number of rotatable bonds is 5. The Hall–Kier alpha value is -2.60.